The second-order valence-electron chi connectivity index (χ2n) is 4.54. The van der Waals surface area contributed by atoms with Crippen LogP contribution < -0.4 is 4.74 Å². The number of hydrogen-bond acceptors (Lipinski definition) is 1. The highest BCUT2D eigenvalue weighted by atomic mass is 19.1. The molecule has 0 aromatic heterocycles. The summed E-state index contributed by atoms with van der Waals surface area (Å²) in [5, 5.41) is 0. The molecule has 0 aliphatic rings. The maximum atomic E-state index is 14.1. The summed E-state index contributed by atoms with van der Waals surface area (Å²) in [5.74, 6) is -0.109. The number of ether oxygens (including phenoxy) is 1. The molecule has 3 rings (SSSR count). The summed E-state index contributed by atoms with van der Waals surface area (Å²) in [6.45, 7) is 0. The highest BCUT2D eigenvalue weighted by molar-refractivity contribution is 5.71. The minimum absolute atomic E-state index is 0.135. The molecule has 0 fully saturated rings. The van der Waals surface area contributed by atoms with Crippen LogP contribution >= 0.6 is 0 Å². The Balaban J connectivity index is 2.05. The molecule has 1 nitrogen and oxygen atoms in total. The van der Waals surface area contributed by atoms with E-state index >= 15 is 0 Å². The molecule has 0 radical (unpaired) electrons. The van der Waals surface area contributed by atoms with Gasteiger partial charge in [-0.15, -0.1) is 0 Å². The molecule has 0 saturated heterocycles. The third kappa shape index (κ3) is 2.92. The molecule has 0 atom stereocenters. The Hall–Kier alpha value is -2.68. The van der Waals surface area contributed by atoms with Gasteiger partial charge in [-0.2, -0.15) is 0 Å². The van der Waals surface area contributed by atoms with Crippen LogP contribution in [-0.4, -0.2) is 0 Å². The van der Waals surface area contributed by atoms with E-state index in [2.05, 4.69) is 0 Å². The molecule has 0 saturated carbocycles. The minimum Gasteiger partial charge on any atom is -0.454 e. The van der Waals surface area contributed by atoms with Crippen molar-refractivity contribution < 1.29 is 13.5 Å². The van der Waals surface area contributed by atoms with Gasteiger partial charge in [0.05, 0.1) is 0 Å². The molecule has 0 amide bonds. The summed E-state index contributed by atoms with van der Waals surface area (Å²) in [6.07, 6.45) is 0. The van der Waals surface area contributed by atoms with Crippen LogP contribution in [0.5, 0.6) is 11.5 Å². The molecule has 21 heavy (non-hydrogen) atoms. The third-order valence-electron chi connectivity index (χ3n) is 3.09. The average molecular weight is 282 g/mol. The lowest BCUT2D eigenvalue weighted by molar-refractivity contribution is 0.444. The number of rotatable bonds is 3. The smallest absolute Gasteiger partial charge is 0.170 e. The van der Waals surface area contributed by atoms with Gasteiger partial charge in [0.25, 0.3) is 0 Å². The second kappa shape index (κ2) is 5.75. The Kier molecular flexibility index (Phi) is 3.65. The van der Waals surface area contributed by atoms with Crippen LogP contribution in [0.25, 0.3) is 11.1 Å². The molecule has 0 N–H and O–H groups in total. The molecule has 0 aliphatic carbocycles. The summed E-state index contributed by atoms with van der Waals surface area (Å²) >= 11 is 0. The van der Waals surface area contributed by atoms with Crippen LogP contribution in [-0.2, 0) is 0 Å². The molecular weight excluding hydrogens is 270 g/mol. The van der Waals surface area contributed by atoms with Crippen molar-refractivity contribution in [2.24, 2.45) is 0 Å². The number of hydrogen-bond donors (Lipinski definition) is 0. The van der Waals surface area contributed by atoms with Crippen molar-refractivity contribution in [1.82, 2.24) is 0 Å². The SMILES string of the molecule is Fc1ccc(-c2cccc(F)c2Oc2ccccc2)cc1. The Morgan fingerprint density at radius 2 is 1.38 bits per heavy atom. The molecule has 0 spiro atoms. The lowest BCUT2D eigenvalue weighted by atomic mass is 10.0. The quantitative estimate of drug-likeness (QED) is 0.623. The van der Waals surface area contributed by atoms with Crippen molar-refractivity contribution in [3.63, 3.8) is 0 Å². The van der Waals surface area contributed by atoms with Gasteiger partial charge >= 0.3 is 0 Å². The fourth-order valence-corrected chi connectivity index (χ4v) is 2.08. The molecule has 0 aliphatic heterocycles. The van der Waals surface area contributed by atoms with E-state index in [1.54, 1.807) is 36.4 Å². The van der Waals surface area contributed by atoms with Gasteiger partial charge in [-0.1, -0.05) is 42.5 Å². The lowest BCUT2D eigenvalue weighted by Gasteiger charge is -2.12. The van der Waals surface area contributed by atoms with Gasteiger partial charge in [-0.05, 0) is 35.9 Å². The van der Waals surface area contributed by atoms with Crippen molar-refractivity contribution in [3.05, 3.63) is 84.4 Å². The standard InChI is InChI=1S/C18H12F2O/c19-14-11-9-13(10-12-14)16-7-4-8-17(20)18(16)21-15-5-2-1-3-6-15/h1-12H. The van der Waals surface area contributed by atoms with Crippen molar-refractivity contribution in [2.45, 2.75) is 0 Å². The van der Waals surface area contributed by atoms with Gasteiger partial charge in [0.2, 0.25) is 0 Å². The van der Waals surface area contributed by atoms with Crippen LogP contribution in [0, 0.1) is 11.6 Å². The van der Waals surface area contributed by atoms with Gasteiger partial charge in [-0.25, -0.2) is 8.78 Å². The Morgan fingerprint density at radius 1 is 0.667 bits per heavy atom. The van der Waals surface area contributed by atoms with E-state index in [1.165, 1.54) is 18.2 Å². The first kappa shape index (κ1) is 13.3. The predicted octanol–water partition coefficient (Wildman–Crippen LogP) is 5.42. The summed E-state index contributed by atoms with van der Waals surface area (Å²) < 4.78 is 32.8. The van der Waals surface area contributed by atoms with E-state index in [-0.39, 0.29) is 11.6 Å². The van der Waals surface area contributed by atoms with E-state index in [0.29, 0.717) is 16.9 Å². The van der Waals surface area contributed by atoms with E-state index in [1.807, 2.05) is 18.2 Å². The van der Waals surface area contributed by atoms with Gasteiger partial charge in [-0.3, -0.25) is 0 Å². The van der Waals surface area contributed by atoms with Crippen molar-refractivity contribution in [1.29, 1.82) is 0 Å². The van der Waals surface area contributed by atoms with Crippen LogP contribution in [0.1, 0.15) is 0 Å². The molecule has 0 heterocycles. The van der Waals surface area contributed by atoms with E-state index in [0.717, 1.165) is 0 Å². The lowest BCUT2D eigenvalue weighted by Crippen LogP contribution is -1.92. The van der Waals surface area contributed by atoms with Gasteiger partial charge in [0.1, 0.15) is 11.6 Å². The predicted molar refractivity (Wildman–Crippen MR) is 78.3 cm³/mol. The summed E-state index contributed by atoms with van der Waals surface area (Å²) in [5.41, 5.74) is 1.28. The van der Waals surface area contributed by atoms with Crippen LogP contribution in [0.3, 0.4) is 0 Å². The first-order chi connectivity index (χ1) is 10.2. The Morgan fingerprint density at radius 3 is 2.10 bits per heavy atom. The Labute approximate surface area is 121 Å². The van der Waals surface area contributed by atoms with E-state index < -0.39 is 5.82 Å². The normalized spacial score (nSPS) is 10.4. The summed E-state index contributed by atoms with van der Waals surface area (Å²) in [6, 6.07) is 19.5. The van der Waals surface area contributed by atoms with E-state index in [4.69, 9.17) is 4.74 Å². The zero-order chi connectivity index (χ0) is 14.7. The van der Waals surface area contributed by atoms with Gasteiger partial charge in [0, 0.05) is 5.56 Å². The van der Waals surface area contributed by atoms with E-state index in [9.17, 15) is 8.78 Å². The number of para-hydroxylation sites is 2. The molecule has 3 aromatic carbocycles. The number of halogens is 2. The highest BCUT2D eigenvalue weighted by Gasteiger charge is 2.12. The topological polar surface area (TPSA) is 9.23 Å². The summed E-state index contributed by atoms with van der Waals surface area (Å²) in [7, 11) is 0. The zero-order valence-corrected chi connectivity index (χ0v) is 11.1. The Bertz CT molecular complexity index is 737. The molecule has 104 valence electrons. The van der Waals surface area contributed by atoms with Crippen LogP contribution in [0.15, 0.2) is 72.8 Å². The second-order valence-corrected chi connectivity index (χ2v) is 4.54. The maximum absolute atomic E-state index is 14.1. The van der Waals surface area contributed by atoms with Gasteiger partial charge in [0.15, 0.2) is 11.6 Å². The zero-order valence-electron chi connectivity index (χ0n) is 11.1. The van der Waals surface area contributed by atoms with Crippen LogP contribution in [0.2, 0.25) is 0 Å². The van der Waals surface area contributed by atoms with Crippen molar-refractivity contribution in [3.8, 4) is 22.6 Å². The maximum Gasteiger partial charge on any atom is 0.170 e. The molecule has 0 unspecified atom stereocenters. The first-order valence-corrected chi connectivity index (χ1v) is 6.51. The monoisotopic (exact) mass is 282 g/mol. The van der Waals surface area contributed by atoms with Gasteiger partial charge < -0.3 is 4.74 Å². The molecule has 0 bridgehead atoms. The molecule has 3 heteroatoms. The first-order valence-electron chi connectivity index (χ1n) is 6.51. The highest BCUT2D eigenvalue weighted by Crippen LogP contribution is 2.35. The largest absolute Gasteiger partial charge is 0.454 e. The fraction of sp³-hybridized carbons (Fsp3) is 0. The molecular formula is C18H12F2O. The van der Waals surface area contributed by atoms with Crippen LogP contribution in [0.4, 0.5) is 8.78 Å². The fourth-order valence-electron chi connectivity index (χ4n) is 2.08. The summed E-state index contributed by atoms with van der Waals surface area (Å²) in [4.78, 5) is 0. The third-order valence-corrected chi connectivity index (χ3v) is 3.09. The molecule has 3 aromatic rings. The van der Waals surface area contributed by atoms with Crippen molar-refractivity contribution >= 4 is 0 Å². The minimum atomic E-state index is -0.458. The average Bonchev–Trinajstić information content (AvgIpc) is 2.51. The van der Waals surface area contributed by atoms with Crippen molar-refractivity contribution in [2.75, 3.05) is 0 Å². The number of benzene rings is 3.